The first-order valence-corrected chi connectivity index (χ1v) is 16.2. The van der Waals surface area contributed by atoms with E-state index in [1.165, 1.54) is 82.1 Å². The lowest BCUT2D eigenvalue weighted by Crippen LogP contribution is -2.55. The van der Waals surface area contributed by atoms with Crippen LogP contribution >= 0.6 is 0 Å². The number of hydrogen-bond donors (Lipinski definition) is 1. The lowest BCUT2D eigenvalue weighted by Gasteiger charge is -2.53. The second-order valence-electron chi connectivity index (χ2n) is 14.1. The maximum atomic E-state index is 11.5. The van der Waals surface area contributed by atoms with E-state index in [2.05, 4.69) is 45.6 Å². The van der Waals surface area contributed by atoms with Gasteiger partial charge in [-0.25, -0.2) is 4.98 Å². The van der Waals surface area contributed by atoms with Crippen LogP contribution in [-0.4, -0.2) is 62.1 Å². The average molecular weight is 533 g/mol. The van der Waals surface area contributed by atoms with Crippen molar-refractivity contribution in [1.29, 1.82) is 0 Å². The minimum Gasteiger partial charge on any atom is -0.481 e. The Hall–Kier alpha value is -1.92. The summed E-state index contributed by atoms with van der Waals surface area (Å²) in [5.74, 6) is 3.81. The third kappa shape index (κ3) is 5.16. The Kier molecular flexibility index (Phi) is 7.21. The van der Waals surface area contributed by atoms with Crippen LogP contribution < -0.4 is 0 Å². The molecule has 0 spiro atoms. The first-order valence-electron chi connectivity index (χ1n) is 16.2. The van der Waals surface area contributed by atoms with E-state index in [-0.39, 0.29) is 5.92 Å². The highest BCUT2D eigenvalue weighted by Crippen LogP contribution is 2.48. The summed E-state index contributed by atoms with van der Waals surface area (Å²) >= 11 is 0. The maximum absolute atomic E-state index is 11.5. The molecular weight excluding hydrogens is 484 g/mol. The van der Waals surface area contributed by atoms with Gasteiger partial charge in [-0.1, -0.05) is 38.3 Å². The molecule has 3 saturated carbocycles. The van der Waals surface area contributed by atoms with Crippen molar-refractivity contribution in [1.82, 2.24) is 19.4 Å². The van der Waals surface area contributed by atoms with Gasteiger partial charge in [-0.05, 0) is 107 Å². The standard InChI is InChI=1S/C33H48N4O2/c1-22-9-10-27-19-31(26(15-22)20-36(27)28-17-23-5-4-6-24(16-23)18-28)37-30-8-3-2-7-29(30)34-32(37)21-35-13-11-25(12-14-35)33(38)39/h2-3,7-8,22-28,31H,4-6,9-21H2,1H3,(H,38,39)/t22-,23-,24+,26?,27+,28+,31-/m0/s1. The van der Waals surface area contributed by atoms with Gasteiger partial charge in [-0.15, -0.1) is 0 Å². The van der Waals surface area contributed by atoms with Gasteiger partial charge in [0.15, 0.2) is 0 Å². The monoisotopic (exact) mass is 532 g/mol. The van der Waals surface area contributed by atoms with Crippen LogP contribution in [0.3, 0.4) is 0 Å². The molecule has 0 amide bonds. The summed E-state index contributed by atoms with van der Waals surface area (Å²) < 4.78 is 2.67. The number of para-hydroxylation sites is 2. The highest BCUT2D eigenvalue weighted by molar-refractivity contribution is 5.76. The zero-order valence-corrected chi connectivity index (χ0v) is 23.9. The SMILES string of the molecule is C[C@H]1CC[C@@H]2C[C@H](n3c(CN4CCC(C(=O)O)CC4)nc4ccccc43)C(C1)CN2[C@H]1C[C@@H]2CCC[C@@H](C2)C1. The van der Waals surface area contributed by atoms with Crippen LogP contribution in [0.4, 0.5) is 0 Å². The lowest BCUT2D eigenvalue weighted by molar-refractivity contribution is -0.143. The quantitative estimate of drug-likeness (QED) is 0.486. The van der Waals surface area contributed by atoms with Crippen molar-refractivity contribution < 1.29 is 9.90 Å². The van der Waals surface area contributed by atoms with Crippen molar-refractivity contribution in [2.45, 2.75) is 109 Å². The number of piperidine rings is 2. The van der Waals surface area contributed by atoms with Gasteiger partial charge >= 0.3 is 5.97 Å². The minimum atomic E-state index is -0.632. The summed E-state index contributed by atoms with van der Waals surface area (Å²) in [7, 11) is 0. The molecule has 4 bridgehead atoms. The van der Waals surface area contributed by atoms with Crippen LogP contribution in [0.1, 0.15) is 95.8 Å². The molecule has 6 fully saturated rings. The zero-order valence-electron chi connectivity index (χ0n) is 23.9. The number of rotatable bonds is 5. The Bertz CT molecular complexity index is 1160. The van der Waals surface area contributed by atoms with Gasteiger partial charge < -0.3 is 9.67 Å². The molecule has 1 N–H and O–H groups in total. The molecule has 6 heteroatoms. The van der Waals surface area contributed by atoms with E-state index in [1.54, 1.807) is 0 Å². The molecule has 0 radical (unpaired) electrons. The fourth-order valence-electron chi connectivity index (χ4n) is 9.62. The van der Waals surface area contributed by atoms with E-state index >= 15 is 0 Å². The first-order chi connectivity index (χ1) is 19.0. The van der Waals surface area contributed by atoms with Gasteiger partial charge in [0.2, 0.25) is 0 Å². The van der Waals surface area contributed by atoms with Gasteiger partial charge in [0.1, 0.15) is 5.82 Å². The van der Waals surface area contributed by atoms with E-state index in [0.717, 1.165) is 61.8 Å². The molecular formula is C33H48N4O2. The number of aliphatic carboxylic acids is 1. The summed E-state index contributed by atoms with van der Waals surface area (Å²) in [5, 5.41) is 9.48. The molecule has 1 aromatic carbocycles. The predicted molar refractivity (Wildman–Crippen MR) is 154 cm³/mol. The first kappa shape index (κ1) is 26.0. The Morgan fingerprint density at radius 1 is 0.923 bits per heavy atom. The average Bonchev–Trinajstić information content (AvgIpc) is 3.28. The van der Waals surface area contributed by atoms with E-state index < -0.39 is 5.97 Å². The van der Waals surface area contributed by atoms with Crippen molar-refractivity contribution in [2.75, 3.05) is 19.6 Å². The fourth-order valence-corrected chi connectivity index (χ4v) is 9.62. The Labute approximate surface area is 234 Å². The summed E-state index contributed by atoms with van der Waals surface area (Å²) in [4.78, 5) is 22.2. The summed E-state index contributed by atoms with van der Waals surface area (Å²) in [6, 6.07) is 10.8. The zero-order chi connectivity index (χ0) is 26.5. The molecule has 3 aliphatic carbocycles. The Morgan fingerprint density at radius 2 is 1.69 bits per heavy atom. The second kappa shape index (κ2) is 10.8. The number of fused-ring (bicyclic) bond motifs is 8. The van der Waals surface area contributed by atoms with Crippen LogP contribution in [0.25, 0.3) is 11.0 Å². The van der Waals surface area contributed by atoms with Crippen LogP contribution in [0.2, 0.25) is 0 Å². The van der Waals surface area contributed by atoms with Gasteiger partial charge in [0.05, 0.1) is 23.5 Å². The van der Waals surface area contributed by atoms with Crippen molar-refractivity contribution in [3.05, 3.63) is 30.1 Å². The summed E-state index contributed by atoms with van der Waals surface area (Å²) in [5.41, 5.74) is 2.42. The van der Waals surface area contributed by atoms with Crippen LogP contribution in [0.5, 0.6) is 0 Å². The topological polar surface area (TPSA) is 61.6 Å². The van der Waals surface area contributed by atoms with Crippen LogP contribution in [0.15, 0.2) is 24.3 Å². The molecule has 1 aromatic heterocycles. The van der Waals surface area contributed by atoms with E-state index in [1.807, 2.05) is 0 Å². The number of carbonyl (C=O) groups is 1. The summed E-state index contributed by atoms with van der Waals surface area (Å²) in [6.45, 7) is 6.30. The summed E-state index contributed by atoms with van der Waals surface area (Å²) in [6.07, 6.45) is 15.6. The minimum absolute atomic E-state index is 0.187. The van der Waals surface area contributed by atoms with Gasteiger partial charge in [0, 0.05) is 24.7 Å². The molecule has 8 rings (SSSR count). The van der Waals surface area contributed by atoms with Crippen molar-refractivity contribution in [3.63, 3.8) is 0 Å². The van der Waals surface area contributed by atoms with Gasteiger partial charge in [-0.3, -0.25) is 14.6 Å². The Morgan fingerprint density at radius 3 is 2.46 bits per heavy atom. The van der Waals surface area contributed by atoms with Crippen LogP contribution in [0, 0.1) is 29.6 Å². The molecule has 3 aliphatic heterocycles. The highest BCUT2D eigenvalue weighted by Gasteiger charge is 2.45. The highest BCUT2D eigenvalue weighted by atomic mass is 16.4. The molecule has 7 atom stereocenters. The third-order valence-electron chi connectivity index (χ3n) is 11.5. The second-order valence-corrected chi connectivity index (χ2v) is 14.1. The third-order valence-corrected chi connectivity index (χ3v) is 11.5. The van der Waals surface area contributed by atoms with Gasteiger partial charge in [-0.2, -0.15) is 0 Å². The molecule has 1 unspecified atom stereocenters. The number of benzene rings is 1. The van der Waals surface area contributed by atoms with E-state index in [9.17, 15) is 9.90 Å². The number of hydrogen-bond acceptors (Lipinski definition) is 4. The van der Waals surface area contributed by atoms with Crippen molar-refractivity contribution in [3.8, 4) is 0 Å². The Balaban J connectivity index is 1.17. The molecule has 212 valence electrons. The molecule has 4 heterocycles. The van der Waals surface area contributed by atoms with Crippen molar-refractivity contribution in [2.24, 2.45) is 29.6 Å². The number of nitrogens with zero attached hydrogens (tertiary/aromatic N) is 4. The van der Waals surface area contributed by atoms with E-state index in [4.69, 9.17) is 4.98 Å². The molecule has 2 aromatic rings. The molecule has 3 saturated heterocycles. The number of imidazole rings is 1. The smallest absolute Gasteiger partial charge is 0.306 e. The predicted octanol–water partition coefficient (Wildman–Crippen LogP) is 6.35. The normalized spacial score (nSPS) is 36.6. The molecule has 6 aliphatic rings. The van der Waals surface area contributed by atoms with Crippen molar-refractivity contribution >= 4 is 17.0 Å². The van der Waals surface area contributed by atoms with Crippen LogP contribution in [-0.2, 0) is 11.3 Å². The maximum Gasteiger partial charge on any atom is 0.306 e. The lowest BCUT2D eigenvalue weighted by atomic mass is 9.68. The largest absolute Gasteiger partial charge is 0.481 e. The molecule has 6 nitrogen and oxygen atoms in total. The number of carboxylic acid groups (broad SMARTS) is 1. The fraction of sp³-hybridized carbons (Fsp3) is 0.758. The molecule has 39 heavy (non-hydrogen) atoms. The van der Waals surface area contributed by atoms with Gasteiger partial charge in [0.25, 0.3) is 0 Å². The van der Waals surface area contributed by atoms with E-state index in [0.29, 0.717) is 18.0 Å². The number of carboxylic acids is 1. The number of likely N-dealkylation sites (tertiary alicyclic amines) is 1. The number of aromatic nitrogens is 2.